The summed E-state index contributed by atoms with van der Waals surface area (Å²) in [4.78, 5) is 0. The summed E-state index contributed by atoms with van der Waals surface area (Å²) < 4.78 is 16.1. The van der Waals surface area contributed by atoms with Crippen LogP contribution in [0.25, 0.3) is 0 Å². The molecule has 0 spiro atoms. The van der Waals surface area contributed by atoms with Crippen LogP contribution in [0.15, 0.2) is 0 Å². The van der Waals surface area contributed by atoms with Crippen molar-refractivity contribution in [1.29, 1.82) is 0 Å². The largest absolute Gasteiger partial charge is 0.613 e. The molecular formula is C8H17NO2P+. The Labute approximate surface area is 74.8 Å². The van der Waals surface area contributed by atoms with Crippen molar-refractivity contribution in [2.75, 3.05) is 6.61 Å². The Morgan fingerprint density at radius 1 is 1.42 bits per heavy atom. The Balaban J connectivity index is 2.15. The molecule has 1 unspecified atom stereocenters. The smallest absolute Gasteiger partial charge is 0.130 e. The minimum atomic E-state index is -1.60. The molecule has 1 atom stereocenters. The zero-order chi connectivity index (χ0) is 8.81. The second-order valence-electron chi connectivity index (χ2n) is 3.14. The first-order valence-corrected chi connectivity index (χ1v) is 5.87. The molecule has 4 heteroatoms. The predicted octanol–water partition coefficient (Wildman–Crippen LogP) is 2.60. The van der Waals surface area contributed by atoms with Crippen LogP contribution in [0.2, 0.25) is 0 Å². The molecule has 0 aromatic rings. The van der Waals surface area contributed by atoms with E-state index >= 15 is 0 Å². The van der Waals surface area contributed by atoms with Crippen molar-refractivity contribution < 1.29 is 9.09 Å². The first kappa shape index (κ1) is 10.1. The molecule has 1 aliphatic rings. The van der Waals surface area contributed by atoms with Gasteiger partial charge < -0.3 is 0 Å². The lowest BCUT2D eigenvalue weighted by Crippen LogP contribution is -2.25. The van der Waals surface area contributed by atoms with Crippen molar-refractivity contribution >= 4 is 8.18 Å². The summed E-state index contributed by atoms with van der Waals surface area (Å²) in [5.41, 5.74) is 0. The Morgan fingerprint density at radius 3 is 2.67 bits per heavy atom. The normalized spacial score (nSPS) is 20.9. The maximum absolute atomic E-state index is 11.1. The third kappa shape index (κ3) is 3.61. The summed E-state index contributed by atoms with van der Waals surface area (Å²) in [5.74, 6) is 0. The molecule has 0 radical (unpaired) electrons. The first-order chi connectivity index (χ1) is 5.83. The van der Waals surface area contributed by atoms with E-state index in [2.05, 4.69) is 5.09 Å². The van der Waals surface area contributed by atoms with Crippen LogP contribution in [0.5, 0.6) is 0 Å². The molecular weight excluding hydrogens is 173 g/mol. The van der Waals surface area contributed by atoms with E-state index in [1.165, 1.54) is 19.3 Å². The third-order valence-electron chi connectivity index (χ3n) is 2.14. The molecule has 0 bridgehead atoms. The van der Waals surface area contributed by atoms with Gasteiger partial charge in [0.1, 0.15) is 6.61 Å². The summed E-state index contributed by atoms with van der Waals surface area (Å²) >= 11 is 0. The summed E-state index contributed by atoms with van der Waals surface area (Å²) in [7, 11) is -1.60. The quantitative estimate of drug-likeness (QED) is 0.692. The molecule has 1 N–H and O–H groups in total. The molecule has 0 heterocycles. The van der Waals surface area contributed by atoms with Gasteiger partial charge in [-0.15, -0.1) is 4.52 Å². The Hall–Kier alpha value is 0.0200. The van der Waals surface area contributed by atoms with Gasteiger partial charge in [0.25, 0.3) is 0 Å². The van der Waals surface area contributed by atoms with Crippen LogP contribution in [0.3, 0.4) is 0 Å². The van der Waals surface area contributed by atoms with Crippen LogP contribution >= 0.6 is 8.18 Å². The van der Waals surface area contributed by atoms with E-state index in [0.29, 0.717) is 12.6 Å². The van der Waals surface area contributed by atoms with Crippen LogP contribution < -0.4 is 5.09 Å². The Kier molecular flexibility index (Phi) is 4.74. The van der Waals surface area contributed by atoms with Crippen molar-refractivity contribution in [3.05, 3.63) is 0 Å². The Bertz CT molecular complexity index is 146. The minimum Gasteiger partial charge on any atom is -0.130 e. The molecule has 1 rings (SSSR count). The van der Waals surface area contributed by atoms with Crippen LogP contribution in [0.1, 0.15) is 39.0 Å². The molecule has 1 aliphatic carbocycles. The topological polar surface area (TPSA) is 38.3 Å². The van der Waals surface area contributed by atoms with Gasteiger partial charge in [0.15, 0.2) is 0 Å². The number of hydrogen-bond acceptors (Lipinski definition) is 2. The van der Waals surface area contributed by atoms with Crippen molar-refractivity contribution in [1.82, 2.24) is 5.09 Å². The maximum Gasteiger partial charge on any atom is 0.613 e. The molecule has 0 amide bonds. The molecule has 12 heavy (non-hydrogen) atoms. The van der Waals surface area contributed by atoms with E-state index in [1.54, 1.807) is 0 Å². The highest BCUT2D eigenvalue weighted by atomic mass is 31.1. The zero-order valence-electron chi connectivity index (χ0n) is 7.58. The monoisotopic (exact) mass is 190 g/mol. The predicted molar refractivity (Wildman–Crippen MR) is 49.2 cm³/mol. The number of rotatable bonds is 4. The lowest BCUT2D eigenvalue weighted by molar-refractivity contribution is 0.326. The second-order valence-corrected chi connectivity index (χ2v) is 4.17. The molecule has 70 valence electrons. The van der Waals surface area contributed by atoms with Gasteiger partial charge in [-0.3, -0.25) is 0 Å². The lowest BCUT2D eigenvalue weighted by Gasteiger charge is -2.16. The van der Waals surface area contributed by atoms with Gasteiger partial charge in [0.05, 0.1) is 6.04 Å². The highest BCUT2D eigenvalue weighted by Crippen LogP contribution is 2.24. The van der Waals surface area contributed by atoms with E-state index in [0.717, 1.165) is 12.8 Å². The average molecular weight is 190 g/mol. The van der Waals surface area contributed by atoms with E-state index in [9.17, 15) is 4.57 Å². The summed E-state index contributed by atoms with van der Waals surface area (Å²) in [5, 5.41) is 3.01. The SMILES string of the molecule is CCO[P+](=O)NC1CCCCC1. The van der Waals surface area contributed by atoms with Crippen molar-refractivity contribution in [2.45, 2.75) is 45.1 Å². The van der Waals surface area contributed by atoms with E-state index < -0.39 is 8.18 Å². The Morgan fingerprint density at radius 2 is 2.08 bits per heavy atom. The zero-order valence-corrected chi connectivity index (χ0v) is 8.48. The number of hydrogen-bond donors (Lipinski definition) is 1. The highest BCUT2D eigenvalue weighted by Gasteiger charge is 2.24. The maximum atomic E-state index is 11.1. The van der Waals surface area contributed by atoms with Crippen molar-refractivity contribution in [3.8, 4) is 0 Å². The molecule has 3 nitrogen and oxygen atoms in total. The van der Waals surface area contributed by atoms with Crippen LogP contribution in [-0.4, -0.2) is 12.6 Å². The first-order valence-electron chi connectivity index (χ1n) is 4.69. The molecule has 1 fully saturated rings. The highest BCUT2D eigenvalue weighted by molar-refractivity contribution is 7.36. The van der Waals surface area contributed by atoms with Gasteiger partial charge in [-0.25, -0.2) is 0 Å². The van der Waals surface area contributed by atoms with Crippen LogP contribution in [-0.2, 0) is 9.09 Å². The van der Waals surface area contributed by atoms with Gasteiger partial charge in [-0.05, 0) is 24.3 Å². The fourth-order valence-electron chi connectivity index (χ4n) is 1.54. The summed E-state index contributed by atoms with van der Waals surface area (Å²) in [6.07, 6.45) is 6.13. The van der Waals surface area contributed by atoms with E-state index in [-0.39, 0.29) is 0 Å². The minimum absolute atomic E-state index is 0.425. The third-order valence-corrected chi connectivity index (χ3v) is 3.21. The van der Waals surface area contributed by atoms with Gasteiger partial charge >= 0.3 is 8.18 Å². The lowest BCUT2D eigenvalue weighted by atomic mass is 9.96. The molecule has 0 aromatic heterocycles. The van der Waals surface area contributed by atoms with Gasteiger partial charge in [-0.1, -0.05) is 24.3 Å². The number of nitrogens with one attached hydrogen (secondary N) is 1. The molecule has 0 aromatic carbocycles. The fourth-order valence-corrected chi connectivity index (χ4v) is 2.40. The second kappa shape index (κ2) is 5.63. The average Bonchev–Trinajstić information content (AvgIpc) is 2.06. The molecule has 1 saturated carbocycles. The summed E-state index contributed by atoms with van der Waals surface area (Å²) in [6.45, 7) is 2.38. The fraction of sp³-hybridized carbons (Fsp3) is 1.00. The van der Waals surface area contributed by atoms with Crippen LogP contribution in [0, 0.1) is 0 Å². The molecule has 0 aliphatic heterocycles. The van der Waals surface area contributed by atoms with Gasteiger partial charge in [0.2, 0.25) is 0 Å². The van der Waals surface area contributed by atoms with Crippen molar-refractivity contribution in [3.63, 3.8) is 0 Å². The molecule has 0 saturated heterocycles. The van der Waals surface area contributed by atoms with Gasteiger partial charge in [-0.2, -0.15) is 0 Å². The standard InChI is InChI=1S/C8H17NO2P/c1-2-11-12(10)9-8-6-4-3-5-7-8/h8H,2-7H2,1H3,(H,9,10)/q+1. The summed E-state index contributed by atoms with van der Waals surface area (Å²) in [6, 6.07) is 0.425. The van der Waals surface area contributed by atoms with Crippen molar-refractivity contribution in [2.24, 2.45) is 0 Å². The van der Waals surface area contributed by atoms with Crippen LogP contribution in [0.4, 0.5) is 0 Å². The van der Waals surface area contributed by atoms with Gasteiger partial charge in [0, 0.05) is 0 Å². The van der Waals surface area contributed by atoms with E-state index in [1.807, 2.05) is 6.92 Å². The van der Waals surface area contributed by atoms with E-state index in [4.69, 9.17) is 4.52 Å².